The molecule has 3 heterocycles. The molecule has 1 aliphatic heterocycles. The Morgan fingerprint density at radius 3 is 2.52 bits per heavy atom. The molecule has 0 saturated carbocycles. The summed E-state index contributed by atoms with van der Waals surface area (Å²) in [5, 5.41) is 6.43. The van der Waals surface area contributed by atoms with Gasteiger partial charge in [0.1, 0.15) is 5.15 Å². The van der Waals surface area contributed by atoms with E-state index in [-0.39, 0.29) is 18.4 Å². The Morgan fingerprint density at radius 1 is 1.24 bits per heavy atom. The number of esters is 1. The van der Waals surface area contributed by atoms with Gasteiger partial charge in [-0.3, -0.25) is 14.3 Å². The van der Waals surface area contributed by atoms with Gasteiger partial charge in [-0.25, -0.2) is 4.79 Å². The highest BCUT2D eigenvalue weighted by atomic mass is 35.5. The van der Waals surface area contributed by atoms with E-state index in [0.717, 1.165) is 0 Å². The molecule has 29 heavy (non-hydrogen) atoms. The number of carbonyl (C=O) groups is 3. The number of halogens is 1. The number of aromatic nitrogens is 2. The SMILES string of the molecule is Cc1nn(C)c(Cl)c1/C=C/C(=O)OCC(=O)N1CCN(C(=O)c2cccs2)CC1. The Hall–Kier alpha value is -2.65. The largest absolute Gasteiger partial charge is 0.452 e. The molecule has 3 rings (SSSR count). The third kappa shape index (κ3) is 5.04. The molecule has 1 aliphatic rings. The summed E-state index contributed by atoms with van der Waals surface area (Å²) < 4.78 is 6.54. The highest BCUT2D eigenvalue weighted by Crippen LogP contribution is 2.20. The number of rotatable bonds is 5. The minimum Gasteiger partial charge on any atom is -0.452 e. The number of nitrogens with zero attached hydrogens (tertiary/aromatic N) is 4. The van der Waals surface area contributed by atoms with E-state index in [4.69, 9.17) is 16.3 Å². The number of ether oxygens (including phenoxy) is 1. The Bertz CT molecular complexity index is 930. The first-order valence-electron chi connectivity index (χ1n) is 9.01. The van der Waals surface area contributed by atoms with Crippen LogP contribution in [0.25, 0.3) is 6.08 Å². The van der Waals surface area contributed by atoms with E-state index in [2.05, 4.69) is 5.10 Å². The highest BCUT2D eigenvalue weighted by molar-refractivity contribution is 7.12. The van der Waals surface area contributed by atoms with Gasteiger partial charge in [0, 0.05) is 44.9 Å². The van der Waals surface area contributed by atoms with Crippen LogP contribution in [0.2, 0.25) is 5.15 Å². The molecular weight excluding hydrogens is 416 g/mol. The second kappa shape index (κ2) is 9.23. The zero-order chi connectivity index (χ0) is 21.0. The van der Waals surface area contributed by atoms with Gasteiger partial charge in [-0.05, 0) is 24.4 Å². The van der Waals surface area contributed by atoms with Crippen molar-refractivity contribution in [3.05, 3.63) is 44.9 Å². The summed E-state index contributed by atoms with van der Waals surface area (Å²) in [6, 6.07) is 3.63. The summed E-state index contributed by atoms with van der Waals surface area (Å²) in [7, 11) is 1.71. The Labute approximate surface area is 177 Å². The van der Waals surface area contributed by atoms with Gasteiger partial charge in [0.25, 0.3) is 11.8 Å². The van der Waals surface area contributed by atoms with Crippen molar-refractivity contribution < 1.29 is 19.1 Å². The molecule has 0 aromatic carbocycles. The Kier molecular flexibility index (Phi) is 6.71. The first-order valence-corrected chi connectivity index (χ1v) is 10.3. The summed E-state index contributed by atoms with van der Waals surface area (Å²) in [6.45, 7) is 3.16. The second-order valence-electron chi connectivity index (χ2n) is 6.50. The van der Waals surface area contributed by atoms with Crippen LogP contribution in [0.15, 0.2) is 23.6 Å². The molecule has 8 nitrogen and oxygen atoms in total. The third-order valence-electron chi connectivity index (χ3n) is 4.57. The number of aryl methyl sites for hydroxylation is 2. The van der Waals surface area contributed by atoms with Crippen LogP contribution >= 0.6 is 22.9 Å². The predicted molar refractivity (Wildman–Crippen MR) is 110 cm³/mol. The Balaban J connectivity index is 1.44. The van der Waals surface area contributed by atoms with Crippen LogP contribution < -0.4 is 0 Å². The van der Waals surface area contributed by atoms with Crippen molar-refractivity contribution in [1.82, 2.24) is 19.6 Å². The van der Waals surface area contributed by atoms with Crippen molar-refractivity contribution in [3.63, 3.8) is 0 Å². The molecule has 0 N–H and O–H groups in total. The fraction of sp³-hybridized carbons (Fsp3) is 0.368. The summed E-state index contributed by atoms with van der Waals surface area (Å²) in [6.07, 6.45) is 2.74. The maximum absolute atomic E-state index is 12.3. The molecule has 2 amide bonds. The van der Waals surface area contributed by atoms with E-state index < -0.39 is 5.97 Å². The fourth-order valence-corrected chi connectivity index (χ4v) is 3.90. The van der Waals surface area contributed by atoms with Crippen molar-refractivity contribution in [1.29, 1.82) is 0 Å². The molecule has 2 aromatic rings. The monoisotopic (exact) mass is 436 g/mol. The van der Waals surface area contributed by atoms with Crippen LogP contribution in [0.5, 0.6) is 0 Å². The number of carbonyl (C=O) groups excluding carboxylic acids is 3. The minimum atomic E-state index is -0.635. The first kappa shape index (κ1) is 21.1. The molecule has 0 unspecified atom stereocenters. The zero-order valence-corrected chi connectivity index (χ0v) is 17.7. The molecule has 0 atom stereocenters. The molecule has 2 aromatic heterocycles. The third-order valence-corrected chi connectivity index (χ3v) is 5.88. The molecule has 10 heteroatoms. The van der Waals surface area contributed by atoms with Gasteiger partial charge in [-0.1, -0.05) is 17.7 Å². The van der Waals surface area contributed by atoms with E-state index in [1.54, 1.807) is 29.8 Å². The number of thiophene rings is 1. The van der Waals surface area contributed by atoms with Gasteiger partial charge in [-0.2, -0.15) is 5.10 Å². The van der Waals surface area contributed by atoms with E-state index in [1.807, 2.05) is 11.4 Å². The van der Waals surface area contributed by atoms with Gasteiger partial charge < -0.3 is 14.5 Å². The molecular formula is C19H21ClN4O4S. The summed E-state index contributed by atoms with van der Waals surface area (Å²) >= 11 is 7.50. The van der Waals surface area contributed by atoms with Gasteiger partial charge in [-0.15, -0.1) is 11.3 Å². The smallest absolute Gasteiger partial charge is 0.331 e. The lowest BCUT2D eigenvalue weighted by atomic mass is 10.2. The number of hydrogen-bond acceptors (Lipinski definition) is 6. The number of piperazine rings is 1. The van der Waals surface area contributed by atoms with Crippen molar-refractivity contribution in [2.24, 2.45) is 7.05 Å². The molecule has 0 bridgehead atoms. The molecule has 0 aliphatic carbocycles. The quantitative estimate of drug-likeness (QED) is 0.528. The van der Waals surface area contributed by atoms with Crippen LogP contribution in [0.1, 0.15) is 20.9 Å². The summed E-state index contributed by atoms with van der Waals surface area (Å²) in [4.78, 5) is 40.5. The molecule has 0 spiro atoms. The molecule has 1 saturated heterocycles. The fourth-order valence-electron chi connectivity index (χ4n) is 2.97. The predicted octanol–water partition coefficient (Wildman–Crippen LogP) is 1.98. The lowest BCUT2D eigenvalue weighted by Crippen LogP contribution is -2.51. The number of amides is 2. The van der Waals surface area contributed by atoms with Crippen molar-refractivity contribution >= 4 is 46.8 Å². The summed E-state index contributed by atoms with van der Waals surface area (Å²) in [5.41, 5.74) is 1.32. The van der Waals surface area contributed by atoms with Crippen molar-refractivity contribution in [2.45, 2.75) is 6.92 Å². The van der Waals surface area contributed by atoms with Crippen LogP contribution in [-0.4, -0.2) is 70.1 Å². The van der Waals surface area contributed by atoms with Crippen LogP contribution in [0.4, 0.5) is 0 Å². The lowest BCUT2D eigenvalue weighted by molar-refractivity contribution is -0.148. The van der Waals surface area contributed by atoms with E-state index in [0.29, 0.717) is 47.5 Å². The molecule has 1 fully saturated rings. The number of hydrogen-bond donors (Lipinski definition) is 0. The van der Waals surface area contributed by atoms with Crippen LogP contribution in [-0.2, 0) is 21.4 Å². The van der Waals surface area contributed by atoms with E-state index in [1.165, 1.54) is 28.2 Å². The van der Waals surface area contributed by atoms with Gasteiger partial charge in [0.05, 0.1) is 10.6 Å². The minimum absolute atomic E-state index is 0.0204. The lowest BCUT2D eigenvalue weighted by Gasteiger charge is -2.34. The van der Waals surface area contributed by atoms with Gasteiger partial charge in [0.2, 0.25) is 0 Å². The van der Waals surface area contributed by atoms with Gasteiger partial charge >= 0.3 is 5.97 Å². The van der Waals surface area contributed by atoms with Crippen LogP contribution in [0, 0.1) is 6.92 Å². The van der Waals surface area contributed by atoms with E-state index >= 15 is 0 Å². The van der Waals surface area contributed by atoms with Crippen LogP contribution in [0.3, 0.4) is 0 Å². The standard InChI is InChI=1S/C19H21ClN4O4S/c1-13-14(18(20)22(2)21-13)5-6-17(26)28-12-16(25)23-7-9-24(10-8-23)19(27)15-4-3-11-29-15/h3-6,11H,7-10,12H2,1-2H3/b6-5+. The van der Waals surface area contributed by atoms with E-state index in [9.17, 15) is 14.4 Å². The van der Waals surface area contributed by atoms with Crippen molar-refractivity contribution in [2.75, 3.05) is 32.8 Å². The maximum atomic E-state index is 12.3. The maximum Gasteiger partial charge on any atom is 0.331 e. The van der Waals surface area contributed by atoms with Gasteiger partial charge in [0.15, 0.2) is 6.61 Å². The Morgan fingerprint density at radius 2 is 1.93 bits per heavy atom. The normalized spacial score (nSPS) is 14.4. The second-order valence-corrected chi connectivity index (χ2v) is 7.81. The van der Waals surface area contributed by atoms with Crippen molar-refractivity contribution in [3.8, 4) is 0 Å². The zero-order valence-electron chi connectivity index (χ0n) is 16.1. The first-order chi connectivity index (χ1) is 13.9. The average Bonchev–Trinajstić information content (AvgIpc) is 3.33. The molecule has 154 valence electrons. The summed E-state index contributed by atoms with van der Waals surface area (Å²) in [5.74, 6) is -0.942. The average molecular weight is 437 g/mol. The molecule has 0 radical (unpaired) electrons. The highest BCUT2D eigenvalue weighted by Gasteiger charge is 2.25. The topological polar surface area (TPSA) is 84.7 Å².